The van der Waals surface area contributed by atoms with Crippen molar-refractivity contribution in [1.82, 2.24) is 18.8 Å². The van der Waals surface area contributed by atoms with Gasteiger partial charge in [0.15, 0.2) is 0 Å². The topological polar surface area (TPSA) is 38.4 Å². The van der Waals surface area contributed by atoms with E-state index in [0.29, 0.717) is 5.56 Å². The molecule has 3 aromatic heterocycles. The van der Waals surface area contributed by atoms with Gasteiger partial charge in [0, 0.05) is 70.0 Å². The first kappa shape index (κ1) is 29.7. The Kier molecular flexibility index (Phi) is 6.93. The van der Waals surface area contributed by atoms with E-state index in [1.54, 1.807) is 12.4 Å². The molecule has 0 fully saturated rings. The molecule has 9 rings (SSSR count). The average molecular weight is 821 g/mol. The Hall–Kier alpha value is -4.19. The first-order valence-electron chi connectivity index (χ1n) is 18.0. The molecular formula is C42H40BIrN5-2. The standard InChI is InChI=1S/C31H29N2.C11H11BN3.Ir/c1-18-15-16-23-26-24(18)19-11-7-8-12-20(19)28-32-25-21-13-9-10-14-22(21)29(2,3)17-31(6,30(23,4)5)27(25)33(26)28;1-14(2)10-6-4-3-5-9(10)11-13-7-8-15(11)12;/h7-11,13-16H,17H2,1-6H3;3-4,6-8H,1-2H3;/q2*-1;/i1D3;;. The van der Waals surface area contributed by atoms with Crippen LogP contribution in [0, 0.1) is 19.0 Å². The Morgan fingerprint density at radius 2 is 1.67 bits per heavy atom. The fraction of sp³-hybridized carbons (Fsp3) is 0.286. The molecule has 0 saturated heterocycles. The molecule has 1 atom stereocenters. The summed E-state index contributed by atoms with van der Waals surface area (Å²) in [5.41, 5.74) is 9.51. The molecule has 247 valence electrons. The Labute approximate surface area is 308 Å². The van der Waals surface area contributed by atoms with Crippen LogP contribution < -0.4 is 4.90 Å². The van der Waals surface area contributed by atoms with Gasteiger partial charge in [-0.15, -0.1) is 53.9 Å². The molecule has 0 N–H and O–H groups in total. The van der Waals surface area contributed by atoms with Crippen LogP contribution in [0.3, 0.4) is 0 Å². The van der Waals surface area contributed by atoms with Gasteiger partial charge in [-0.1, -0.05) is 87.5 Å². The van der Waals surface area contributed by atoms with E-state index >= 15 is 0 Å². The van der Waals surface area contributed by atoms with Gasteiger partial charge in [-0.25, -0.2) is 0 Å². The summed E-state index contributed by atoms with van der Waals surface area (Å²) >= 11 is 0. The first-order chi connectivity index (χ1) is 24.1. The van der Waals surface area contributed by atoms with E-state index in [2.05, 4.69) is 86.5 Å². The minimum Gasteiger partial charge on any atom is -0.426 e. The van der Waals surface area contributed by atoms with Crippen LogP contribution in [0.5, 0.6) is 0 Å². The van der Waals surface area contributed by atoms with Crippen molar-refractivity contribution in [2.24, 2.45) is 0 Å². The molecule has 4 aromatic carbocycles. The molecule has 7 heteroatoms. The maximum Gasteiger partial charge on any atom is 0.222 e. The molecule has 4 heterocycles. The maximum absolute atomic E-state index is 8.39. The van der Waals surface area contributed by atoms with Gasteiger partial charge in [0.2, 0.25) is 7.98 Å². The van der Waals surface area contributed by atoms with Crippen LogP contribution in [0.15, 0.2) is 85.2 Å². The van der Waals surface area contributed by atoms with Crippen molar-refractivity contribution in [1.29, 1.82) is 0 Å². The molecule has 49 heavy (non-hydrogen) atoms. The molecule has 3 radical (unpaired) electrons. The van der Waals surface area contributed by atoms with E-state index in [-0.39, 0.29) is 36.4 Å². The number of aryl methyl sites for hydroxylation is 1. The fourth-order valence-electron chi connectivity index (χ4n) is 8.58. The molecule has 7 aromatic rings. The molecule has 0 bridgehead atoms. The predicted molar refractivity (Wildman–Crippen MR) is 199 cm³/mol. The Bertz CT molecular complexity index is 2530. The minimum atomic E-state index is -2.23. The SMILES string of the molecule is [2H]C([2H])([2H])c1ccc2c3c1c1ccc[c-]c1c1nc4c(n13)C(C)(CC(C)(C)c1ccccc1-4)C2(C)C.[B]n1ccnc1-c1[c-]cccc1N(C)C.[Ir]. The summed E-state index contributed by atoms with van der Waals surface area (Å²) in [5.74, 6) is 0.722. The van der Waals surface area contributed by atoms with Crippen LogP contribution in [-0.4, -0.2) is 40.9 Å². The van der Waals surface area contributed by atoms with Crippen LogP contribution in [0.4, 0.5) is 5.69 Å². The summed E-state index contributed by atoms with van der Waals surface area (Å²) in [6.07, 6.45) is 4.34. The van der Waals surface area contributed by atoms with Crippen molar-refractivity contribution in [3.63, 3.8) is 0 Å². The number of fused-ring (bicyclic) bond motifs is 5. The predicted octanol–water partition coefficient (Wildman–Crippen LogP) is 8.99. The summed E-state index contributed by atoms with van der Waals surface area (Å²) in [5, 5.41) is 2.58. The number of benzene rings is 4. The third-order valence-corrected chi connectivity index (χ3v) is 11.1. The summed E-state index contributed by atoms with van der Waals surface area (Å²) in [4.78, 5) is 11.6. The molecule has 2 aliphatic rings. The summed E-state index contributed by atoms with van der Waals surface area (Å²) in [7, 11) is 9.72. The Balaban J connectivity index is 0.000000222. The van der Waals surface area contributed by atoms with Crippen molar-refractivity contribution in [2.45, 2.75) is 64.1 Å². The third kappa shape index (κ3) is 4.62. The number of hydrogen-bond donors (Lipinski definition) is 0. The molecular weight excluding hydrogens is 778 g/mol. The van der Waals surface area contributed by atoms with Crippen molar-refractivity contribution in [3.05, 3.63) is 120 Å². The van der Waals surface area contributed by atoms with Crippen molar-refractivity contribution in [3.8, 4) is 22.6 Å². The molecule has 0 amide bonds. The number of pyridine rings is 1. The van der Waals surface area contributed by atoms with Crippen LogP contribution in [-0.2, 0) is 36.4 Å². The number of nitrogens with zero attached hydrogens (tertiary/aromatic N) is 5. The maximum atomic E-state index is 8.39. The van der Waals surface area contributed by atoms with Gasteiger partial charge in [0.25, 0.3) is 0 Å². The van der Waals surface area contributed by atoms with Gasteiger partial charge < -0.3 is 13.8 Å². The number of imidazole rings is 2. The second kappa shape index (κ2) is 11.4. The number of anilines is 1. The zero-order chi connectivity index (χ0) is 36.2. The van der Waals surface area contributed by atoms with Gasteiger partial charge in [-0.05, 0) is 55.0 Å². The quantitative estimate of drug-likeness (QED) is 0.0994. The van der Waals surface area contributed by atoms with Gasteiger partial charge in [0.05, 0.1) is 11.3 Å². The second-order valence-corrected chi connectivity index (χ2v) is 14.9. The van der Waals surface area contributed by atoms with Crippen LogP contribution >= 0.6 is 0 Å². The van der Waals surface area contributed by atoms with Crippen LogP contribution in [0.2, 0.25) is 0 Å². The number of hydrogen-bond acceptors (Lipinski definition) is 3. The molecule has 0 spiro atoms. The summed E-state index contributed by atoms with van der Waals surface area (Å²) < 4.78 is 29.0. The molecule has 1 unspecified atom stereocenters. The zero-order valence-corrected chi connectivity index (χ0v) is 31.3. The van der Waals surface area contributed by atoms with Crippen LogP contribution in [0.25, 0.3) is 50.0 Å². The summed E-state index contributed by atoms with van der Waals surface area (Å²) in [6, 6.07) is 30.9. The molecule has 0 saturated carbocycles. The fourth-order valence-corrected chi connectivity index (χ4v) is 8.58. The zero-order valence-electron chi connectivity index (χ0n) is 31.9. The Morgan fingerprint density at radius 3 is 2.41 bits per heavy atom. The van der Waals surface area contributed by atoms with E-state index in [9.17, 15) is 0 Å². The largest absolute Gasteiger partial charge is 0.426 e. The molecule has 5 nitrogen and oxygen atoms in total. The number of aromatic nitrogens is 4. The molecule has 1 aliphatic heterocycles. The van der Waals surface area contributed by atoms with E-state index in [1.165, 1.54) is 26.9 Å². The number of rotatable bonds is 2. The average Bonchev–Trinajstić information content (AvgIpc) is 3.69. The van der Waals surface area contributed by atoms with E-state index in [1.807, 2.05) is 61.5 Å². The van der Waals surface area contributed by atoms with E-state index in [0.717, 1.165) is 56.5 Å². The van der Waals surface area contributed by atoms with Gasteiger partial charge in [-0.3, -0.25) is 9.97 Å². The normalized spacial score (nSPS) is 19.2. The summed E-state index contributed by atoms with van der Waals surface area (Å²) in [6.45, 7) is 9.51. The van der Waals surface area contributed by atoms with Crippen molar-refractivity contribution >= 4 is 41.0 Å². The Morgan fingerprint density at radius 1 is 0.918 bits per heavy atom. The van der Waals surface area contributed by atoms with Crippen molar-refractivity contribution < 1.29 is 24.2 Å². The minimum absolute atomic E-state index is 0. The smallest absolute Gasteiger partial charge is 0.222 e. The van der Waals surface area contributed by atoms with Crippen molar-refractivity contribution in [2.75, 3.05) is 19.0 Å². The second-order valence-electron chi connectivity index (χ2n) is 14.9. The van der Waals surface area contributed by atoms with Crippen LogP contribution in [0.1, 0.15) is 67.5 Å². The monoisotopic (exact) mass is 821 g/mol. The first-order valence-corrected chi connectivity index (χ1v) is 16.5. The molecule has 1 aliphatic carbocycles. The van der Waals surface area contributed by atoms with E-state index < -0.39 is 6.85 Å². The van der Waals surface area contributed by atoms with Gasteiger partial charge >= 0.3 is 0 Å². The van der Waals surface area contributed by atoms with E-state index in [4.69, 9.17) is 17.1 Å². The van der Waals surface area contributed by atoms with Gasteiger partial charge in [-0.2, -0.15) is 0 Å². The third-order valence-electron chi connectivity index (χ3n) is 11.1. The van der Waals surface area contributed by atoms with Gasteiger partial charge in [0.1, 0.15) is 0 Å².